The third-order valence-electron chi connectivity index (χ3n) is 12.6. The molecule has 0 saturated heterocycles. The number of fused-ring (bicyclic) bond motifs is 9. The molecule has 2 aliphatic carbocycles. The van der Waals surface area contributed by atoms with E-state index in [4.69, 9.17) is 0 Å². The third-order valence-corrected chi connectivity index (χ3v) is 13.9. The molecule has 2 unspecified atom stereocenters. The average Bonchev–Trinajstić information content (AvgIpc) is 3.96. The topological polar surface area (TPSA) is 33.6 Å². The van der Waals surface area contributed by atoms with Gasteiger partial charge in [0.1, 0.15) is 0 Å². The maximum Gasteiger partial charge on any atom is 0.0701 e. The normalized spacial score (nSPS) is 17.2. The summed E-state index contributed by atoms with van der Waals surface area (Å²) in [5, 5.41) is 14.9. The summed E-state index contributed by atoms with van der Waals surface area (Å²) in [5.74, 6) is 0.271. The monoisotopic (exact) mass is 771 g/mol. The van der Waals surface area contributed by atoms with Gasteiger partial charge in [0.15, 0.2) is 0 Å². The first-order valence-electron chi connectivity index (χ1n) is 20.4. The molecule has 12 rings (SSSR count). The Labute approximate surface area is 347 Å². The minimum absolute atomic E-state index is 0.143. The number of hydrogen-bond donors (Lipinski definition) is 0. The Morgan fingerprint density at radius 2 is 1.19 bits per heavy atom. The molecule has 278 valence electrons. The fourth-order valence-corrected chi connectivity index (χ4v) is 11.2. The first-order chi connectivity index (χ1) is 29.2. The van der Waals surface area contributed by atoms with E-state index in [1.54, 1.807) is 0 Å². The van der Waals surface area contributed by atoms with Crippen LogP contribution in [0.4, 0.5) is 0 Å². The molecule has 0 bridgehead atoms. The van der Waals surface area contributed by atoms with Gasteiger partial charge in [0.2, 0.25) is 0 Å². The summed E-state index contributed by atoms with van der Waals surface area (Å²) in [7, 11) is 0. The van der Waals surface area contributed by atoms with E-state index in [-0.39, 0.29) is 5.92 Å². The van der Waals surface area contributed by atoms with Crippen LogP contribution in [0.1, 0.15) is 29.9 Å². The number of thioether (sulfide) groups is 1. The molecule has 3 heterocycles. The van der Waals surface area contributed by atoms with Crippen molar-refractivity contribution in [2.24, 2.45) is 5.92 Å². The molecule has 2 aromatic heterocycles. The first kappa shape index (κ1) is 34.0. The van der Waals surface area contributed by atoms with Crippen LogP contribution in [0, 0.1) is 17.2 Å². The van der Waals surface area contributed by atoms with Gasteiger partial charge < -0.3 is 9.13 Å². The van der Waals surface area contributed by atoms with Crippen molar-refractivity contribution in [1.29, 1.82) is 5.26 Å². The number of aromatic nitrogens is 2. The van der Waals surface area contributed by atoms with Gasteiger partial charge in [0.05, 0.1) is 34.1 Å². The smallest absolute Gasteiger partial charge is 0.0701 e. The van der Waals surface area contributed by atoms with Crippen LogP contribution in [0.5, 0.6) is 0 Å². The fourth-order valence-electron chi connectivity index (χ4n) is 9.79. The summed E-state index contributed by atoms with van der Waals surface area (Å²) < 4.78 is 4.76. The molecular formula is C55H37N3S. The number of nitrogens with zero attached hydrogens (tertiary/aromatic N) is 3. The van der Waals surface area contributed by atoms with E-state index < -0.39 is 0 Å². The first-order valence-corrected chi connectivity index (χ1v) is 21.2. The summed E-state index contributed by atoms with van der Waals surface area (Å²) in [4.78, 5) is 2.83. The van der Waals surface area contributed by atoms with Crippen LogP contribution in [0.2, 0.25) is 0 Å². The average molecular weight is 772 g/mol. The molecule has 0 spiro atoms. The van der Waals surface area contributed by atoms with Crippen LogP contribution in [0.25, 0.3) is 82.8 Å². The van der Waals surface area contributed by atoms with Crippen molar-refractivity contribution in [3.05, 3.63) is 204 Å². The number of rotatable bonds is 5. The number of allylic oxidation sites excluding steroid dienone is 8. The van der Waals surface area contributed by atoms with Gasteiger partial charge in [0, 0.05) is 55.1 Å². The molecule has 9 aromatic rings. The minimum Gasteiger partial charge on any atom is -0.313 e. The molecule has 1 aliphatic heterocycles. The number of hydrogen-bond acceptors (Lipinski definition) is 2. The molecule has 4 heteroatoms. The highest BCUT2D eigenvalue weighted by molar-refractivity contribution is 8.03. The van der Waals surface area contributed by atoms with E-state index in [9.17, 15) is 5.26 Å². The Morgan fingerprint density at radius 1 is 0.559 bits per heavy atom. The van der Waals surface area contributed by atoms with Crippen molar-refractivity contribution in [2.75, 3.05) is 0 Å². The molecular weight excluding hydrogens is 735 g/mol. The van der Waals surface area contributed by atoms with Gasteiger partial charge in [-0.15, -0.1) is 0 Å². The van der Waals surface area contributed by atoms with E-state index in [2.05, 4.69) is 191 Å². The minimum atomic E-state index is -0.143. The molecule has 0 amide bonds. The van der Waals surface area contributed by atoms with E-state index >= 15 is 0 Å². The Hall–Kier alpha value is -7.06. The summed E-state index contributed by atoms with van der Waals surface area (Å²) in [6, 6.07) is 60.6. The van der Waals surface area contributed by atoms with Gasteiger partial charge in [-0.25, -0.2) is 0 Å². The van der Waals surface area contributed by atoms with Crippen LogP contribution >= 0.6 is 11.8 Å². The maximum atomic E-state index is 9.92. The van der Waals surface area contributed by atoms with Crippen molar-refractivity contribution in [3.63, 3.8) is 0 Å². The number of para-hydroxylation sites is 2. The van der Waals surface area contributed by atoms with E-state index in [1.807, 2.05) is 23.9 Å². The van der Waals surface area contributed by atoms with Crippen LogP contribution in [0.15, 0.2) is 198 Å². The molecule has 2 atom stereocenters. The fraction of sp³-hybridized carbons (Fsp3) is 0.0727. The van der Waals surface area contributed by atoms with E-state index in [0.717, 1.165) is 23.3 Å². The summed E-state index contributed by atoms with van der Waals surface area (Å²) in [6.45, 7) is 0. The Bertz CT molecular complexity index is 3380. The zero-order chi connectivity index (χ0) is 39.0. The Balaban J connectivity index is 0.995. The van der Waals surface area contributed by atoms with Gasteiger partial charge >= 0.3 is 0 Å². The predicted octanol–water partition coefficient (Wildman–Crippen LogP) is 14.7. The molecule has 3 aliphatic rings. The lowest BCUT2D eigenvalue weighted by Gasteiger charge is -2.19. The van der Waals surface area contributed by atoms with Gasteiger partial charge in [-0.2, -0.15) is 5.26 Å². The zero-order valence-corrected chi connectivity index (χ0v) is 33.0. The van der Waals surface area contributed by atoms with Crippen molar-refractivity contribution in [1.82, 2.24) is 9.13 Å². The van der Waals surface area contributed by atoms with E-state index in [1.165, 1.54) is 86.8 Å². The van der Waals surface area contributed by atoms with Gasteiger partial charge in [-0.05, 0) is 118 Å². The molecule has 7 aromatic carbocycles. The summed E-state index contributed by atoms with van der Waals surface area (Å²) in [5.41, 5.74) is 15.8. The van der Waals surface area contributed by atoms with Crippen LogP contribution in [0.3, 0.4) is 0 Å². The van der Waals surface area contributed by atoms with Crippen LogP contribution < -0.4 is 0 Å². The molecule has 0 fully saturated rings. The third kappa shape index (κ3) is 5.43. The van der Waals surface area contributed by atoms with E-state index in [0.29, 0.717) is 12.3 Å². The van der Waals surface area contributed by atoms with Gasteiger partial charge in [0.25, 0.3) is 0 Å². The second-order valence-corrected chi connectivity index (χ2v) is 17.0. The highest BCUT2D eigenvalue weighted by Crippen LogP contribution is 2.55. The largest absolute Gasteiger partial charge is 0.313 e. The second kappa shape index (κ2) is 13.5. The molecule has 0 saturated carbocycles. The van der Waals surface area contributed by atoms with Crippen molar-refractivity contribution < 1.29 is 0 Å². The molecule has 59 heavy (non-hydrogen) atoms. The van der Waals surface area contributed by atoms with Gasteiger partial charge in [-0.3, -0.25) is 0 Å². The molecule has 3 nitrogen and oxygen atoms in total. The molecule has 0 N–H and O–H groups in total. The van der Waals surface area contributed by atoms with Crippen molar-refractivity contribution >= 4 is 66.6 Å². The second-order valence-electron chi connectivity index (χ2n) is 15.9. The standard InChI is InChI=1S/C55H37N3S/c56-34-35-11-8-16-42(29-35)58-52-27-24-39(32-48(52)49-33-40(25-28-53(49)58)43-19-10-20-46-45-18-5-7-22-54(45)59-55(43)46)37-13-9-12-36(30-37)38-23-26-51-47(31-38)44-17-4-6-21-50(44)57(51)41-14-2-1-3-15-41/h1-19,21-28,30-33,35,46H,20,29H2. The van der Waals surface area contributed by atoms with Crippen LogP contribution in [-0.2, 0) is 0 Å². The van der Waals surface area contributed by atoms with Crippen molar-refractivity contribution in [3.8, 4) is 34.0 Å². The maximum absolute atomic E-state index is 9.92. The predicted molar refractivity (Wildman–Crippen MR) is 248 cm³/mol. The summed E-state index contributed by atoms with van der Waals surface area (Å²) >= 11 is 1.94. The quantitative estimate of drug-likeness (QED) is 0.175. The Kier molecular flexibility index (Phi) is 7.80. The zero-order valence-electron chi connectivity index (χ0n) is 32.2. The van der Waals surface area contributed by atoms with Gasteiger partial charge in [-0.1, -0.05) is 127 Å². The lowest BCUT2D eigenvalue weighted by molar-refractivity contribution is 0.822. The SMILES string of the molecule is N#CC1C=CC=C(n2c3ccc(C4=C5Sc6ccccc6C5CC=C4)cc3c3cc(-c4cccc(-c5ccc6c(c5)c5ccccc5n6-c5ccccc5)c4)ccc32)C1. The number of nitriles is 1. The highest BCUT2D eigenvalue weighted by Gasteiger charge is 2.31. The molecule has 0 radical (unpaired) electrons. The van der Waals surface area contributed by atoms with Crippen LogP contribution in [-0.4, -0.2) is 9.13 Å². The lowest BCUT2D eigenvalue weighted by Crippen LogP contribution is -2.05. The highest BCUT2D eigenvalue weighted by atomic mass is 32.2. The van der Waals surface area contributed by atoms with Crippen molar-refractivity contribution in [2.45, 2.75) is 23.7 Å². The Morgan fingerprint density at radius 3 is 1.97 bits per heavy atom. The summed E-state index contributed by atoms with van der Waals surface area (Å²) in [6.07, 6.45) is 12.6. The number of benzene rings is 7. The lowest BCUT2D eigenvalue weighted by atomic mass is 9.87.